The predicted molar refractivity (Wildman–Crippen MR) is 70.4 cm³/mol. The molecular formula is C13H13N3S. The fourth-order valence-corrected chi connectivity index (χ4v) is 2.72. The van der Waals surface area contributed by atoms with E-state index in [0.717, 1.165) is 11.3 Å². The lowest BCUT2D eigenvalue weighted by Gasteiger charge is -1.97. The lowest BCUT2D eigenvalue weighted by molar-refractivity contribution is 0.890. The van der Waals surface area contributed by atoms with Crippen LogP contribution in [0.3, 0.4) is 0 Å². The number of aromatic nitrogens is 3. The Morgan fingerprint density at radius 1 is 1.29 bits per heavy atom. The largest absolute Gasteiger partial charge is 0.237 e. The standard InChI is InChI=1S/C13H13N3S/c1-9(2)11-4-5-12(17-11)10-8-13-14-6-3-7-16(13)15-10/h3-9H,1-2H3. The summed E-state index contributed by atoms with van der Waals surface area (Å²) in [5.74, 6) is 0.573. The highest BCUT2D eigenvalue weighted by Crippen LogP contribution is 2.31. The molecule has 0 aliphatic rings. The van der Waals surface area contributed by atoms with E-state index in [1.54, 1.807) is 17.5 Å². The number of thiophene rings is 1. The Balaban J connectivity index is 2.07. The molecule has 0 fully saturated rings. The lowest BCUT2D eigenvalue weighted by Crippen LogP contribution is -1.86. The molecule has 3 nitrogen and oxygen atoms in total. The first-order valence-corrected chi connectivity index (χ1v) is 6.46. The van der Waals surface area contributed by atoms with Crippen molar-refractivity contribution in [1.29, 1.82) is 0 Å². The Kier molecular flexibility index (Phi) is 2.44. The maximum Gasteiger partial charge on any atom is 0.155 e. The zero-order valence-corrected chi connectivity index (χ0v) is 10.6. The summed E-state index contributed by atoms with van der Waals surface area (Å²) >= 11 is 1.81. The van der Waals surface area contributed by atoms with E-state index in [2.05, 4.69) is 36.1 Å². The highest BCUT2D eigenvalue weighted by molar-refractivity contribution is 7.15. The molecule has 0 bridgehead atoms. The molecule has 0 aliphatic carbocycles. The van der Waals surface area contributed by atoms with Crippen molar-refractivity contribution in [3.63, 3.8) is 0 Å². The van der Waals surface area contributed by atoms with Crippen LogP contribution in [0.25, 0.3) is 16.2 Å². The van der Waals surface area contributed by atoms with Crippen molar-refractivity contribution in [2.45, 2.75) is 19.8 Å². The number of hydrogen-bond acceptors (Lipinski definition) is 3. The second-order valence-corrected chi connectivity index (χ2v) is 5.42. The van der Waals surface area contributed by atoms with Gasteiger partial charge in [0.25, 0.3) is 0 Å². The van der Waals surface area contributed by atoms with Crippen LogP contribution in [0, 0.1) is 0 Å². The average Bonchev–Trinajstić information content (AvgIpc) is 2.95. The molecule has 0 aliphatic heterocycles. The van der Waals surface area contributed by atoms with Crippen molar-refractivity contribution in [2.75, 3.05) is 0 Å². The molecule has 0 atom stereocenters. The molecule has 0 radical (unpaired) electrons. The summed E-state index contributed by atoms with van der Waals surface area (Å²) in [6.07, 6.45) is 3.71. The van der Waals surface area contributed by atoms with Gasteiger partial charge in [-0.3, -0.25) is 0 Å². The first-order valence-electron chi connectivity index (χ1n) is 5.64. The molecular weight excluding hydrogens is 230 g/mol. The van der Waals surface area contributed by atoms with Crippen molar-refractivity contribution in [2.24, 2.45) is 0 Å². The number of hydrogen-bond donors (Lipinski definition) is 0. The molecule has 0 N–H and O–H groups in total. The molecule has 0 saturated carbocycles. The zero-order chi connectivity index (χ0) is 11.8. The minimum Gasteiger partial charge on any atom is -0.237 e. The van der Waals surface area contributed by atoms with Gasteiger partial charge in [0.15, 0.2) is 5.65 Å². The first kappa shape index (κ1) is 10.5. The van der Waals surface area contributed by atoms with Gasteiger partial charge in [0.1, 0.15) is 5.69 Å². The van der Waals surface area contributed by atoms with Gasteiger partial charge in [0.05, 0.1) is 4.88 Å². The minimum absolute atomic E-state index is 0.573. The van der Waals surface area contributed by atoms with Crippen LogP contribution in [0.4, 0.5) is 0 Å². The molecule has 3 rings (SSSR count). The normalized spacial score (nSPS) is 11.5. The maximum absolute atomic E-state index is 4.52. The van der Waals surface area contributed by atoms with Crippen LogP contribution < -0.4 is 0 Å². The van der Waals surface area contributed by atoms with Gasteiger partial charge in [0, 0.05) is 23.3 Å². The summed E-state index contributed by atoms with van der Waals surface area (Å²) in [4.78, 5) is 6.88. The Labute approximate surface area is 104 Å². The van der Waals surface area contributed by atoms with E-state index in [4.69, 9.17) is 0 Å². The third-order valence-corrected chi connectivity index (χ3v) is 4.09. The van der Waals surface area contributed by atoms with Crippen molar-refractivity contribution >= 4 is 17.0 Å². The van der Waals surface area contributed by atoms with E-state index in [9.17, 15) is 0 Å². The second-order valence-electron chi connectivity index (χ2n) is 4.31. The topological polar surface area (TPSA) is 30.2 Å². The number of nitrogens with zero attached hydrogens (tertiary/aromatic N) is 3. The van der Waals surface area contributed by atoms with Gasteiger partial charge in [-0.1, -0.05) is 13.8 Å². The zero-order valence-electron chi connectivity index (χ0n) is 9.79. The first-order chi connectivity index (χ1) is 8.24. The van der Waals surface area contributed by atoms with Crippen molar-refractivity contribution in [3.05, 3.63) is 41.5 Å². The summed E-state index contributed by atoms with van der Waals surface area (Å²) in [5.41, 5.74) is 1.89. The van der Waals surface area contributed by atoms with E-state index in [0.29, 0.717) is 5.92 Å². The summed E-state index contributed by atoms with van der Waals surface area (Å²) in [5, 5.41) is 4.52. The van der Waals surface area contributed by atoms with E-state index >= 15 is 0 Å². The Morgan fingerprint density at radius 2 is 2.18 bits per heavy atom. The molecule has 0 aromatic carbocycles. The van der Waals surface area contributed by atoms with E-state index in [-0.39, 0.29) is 0 Å². The van der Waals surface area contributed by atoms with Crippen LogP contribution in [0.1, 0.15) is 24.6 Å². The highest BCUT2D eigenvalue weighted by Gasteiger charge is 2.09. The molecule has 0 amide bonds. The Morgan fingerprint density at radius 3 is 2.88 bits per heavy atom. The summed E-state index contributed by atoms with van der Waals surface area (Å²) in [7, 11) is 0. The second kappa shape index (κ2) is 3.96. The number of fused-ring (bicyclic) bond motifs is 1. The molecule has 4 heteroatoms. The Bertz CT molecular complexity index is 618. The lowest BCUT2D eigenvalue weighted by atomic mass is 10.2. The van der Waals surface area contributed by atoms with Gasteiger partial charge in [-0.25, -0.2) is 9.50 Å². The van der Waals surface area contributed by atoms with E-state index in [1.165, 1.54) is 9.75 Å². The smallest absolute Gasteiger partial charge is 0.155 e. The summed E-state index contributed by atoms with van der Waals surface area (Å²) < 4.78 is 1.81. The molecule has 0 unspecified atom stereocenters. The molecule has 86 valence electrons. The third-order valence-electron chi connectivity index (χ3n) is 2.68. The van der Waals surface area contributed by atoms with Crippen LogP contribution >= 0.6 is 11.3 Å². The molecule has 0 spiro atoms. The van der Waals surface area contributed by atoms with Gasteiger partial charge < -0.3 is 0 Å². The van der Waals surface area contributed by atoms with Crippen molar-refractivity contribution < 1.29 is 0 Å². The summed E-state index contributed by atoms with van der Waals surface area (Å²) in [6.45, 7) is 4.42. The van der Waals surface area contributed by atoms with Crippen LogP contribution in [0.15, 0.2) is 36.7 Å². The van der Waals surface area contributed by atoms with Gasteiger partial charge in [-0.05, 0) is 24.1 Å². The number of rotatable bonds is 2. The maximum atomic E-state index is 4.52. The molecule has 3 heterocycles. The van der Waals surface area contributed by atoms with E-state index < -0.39 is 0 Å². The quantitative estimate of drug-likeness (QED) is 0.688. The van der Waals surface area contributed by atoms with Gasteiger partial charge >= 0.3 is 0 Å². The van der Waals surface area contributed by atoms with Crippen LogP contribution in [-0.2, 0) is 0 Å². The van der Waals surface area contributed by atoms with Gasteiger partial charge in [0.2, 0.25) is 0 Å². The SMILES string of the molecule is CC(C)c1ccc(-c2cc3ncccn3n2)s1. The molecule has 3 aromatic heterocycles. The van der Waals surface area contributed by atoms with Crippen LogP contribution in [0.2, 0.25) is 0 Å². The van der Waals surface area contributed by atoms with Crippen molar-refractivity contribution in [3.8, 4) is 10.6 Å². The van der Waals surface area contributed by atoms with Crippen LogP contribution in [-0.4, -0.2) is 14.6 Å². The fourth-order valence-electron chi connectivity index (χ4n) is 1.75. The Hall–Kier alpha value is -1.68. The minimum atomic E-state index is 0.573. The predicted octanol–water partition coefficient (Wildman–Crippen LogP) is 3.58. The van der Waals surface area contributed by atoms with Crippen molar-refractivity contribution in [1.82, 2.24) is 14.6 Å². The fraction of sp³-hybridized carbons (Fsp3) is 0.231. The van der Waals surface area contributed by atoms with Crippen LogP contribution in [0.5, 0.6) is 0 Å². The molecule has 3 aromatic rings. The highest BCUT2D eigenvalue weighted by atomic mass is 32.1. The molecule has 17 heavy (non-hydrogen) atoms. The third kappa shape index (κ3) is 1.85. The monoisotopic (exact) mass is 243 g/mol. The molecule has 0 saturated heterocycles. The van der Waals surface area contributed by atoms with Gasteiger partial charge in [-0.15, -0.1) is 11.3 Å². The van der Waals surface area contributed by atoms with E-state index in [1.807, 2.05) is 22.8 Å². The average molecular weight is 243 g/mol. The van der Waals surface area contributed by atoms with Gasteiger partial charge in [-0.2, -0.15) is 5.10 Å². The summed E-state index contributed by atoms with van der Waals surface area (Å²) in [6, 6.07) is 8.23.